The molecule has 1 aromatic carbocycles. The molecule has 0 bridgehead atoms. The Balaban J connectivity index is 1.64. The summed E-state index contributed by atoms with van der Waals surface area (Å²) < 4.78 is 5.70. The van der Waals surface area contributed by atoms with Gasteiger partial charge in [-0.3, -0.25) is 4.79 Å². The van der Waals surface area contributed by atoms with Crippen LogP contribution in [0.4, 0.5) is 0 Å². The fraction of sp³-hybridized carbons (Fsp3) is 0.333. The lowest BCUT2D eigenvalue weighted by Gasteiger charge is -2.32. The summed E-state index contributed by atoms with van der Waals surface area (Å²) in [7, 11) is 2.07. The van der Waals surface area contributed by atoms with Gasteiger partial charge < -0.3 is 14.5 Å². The molecule has 5 heteroatoms. The second-order valence-corrected chi connectivity index (χ2v) is 5.75. The van der Waals surface area contributed by atoms with Gasteiger partial charge in [-0.05, 0) is 18.7 Å². The summed E-state index contributed by atoms with van der Waals surface area (Å²) in [6, 6.07) is 13.4. The zero-order valence-electron chi connectivity index (χ0n) is 13.3. The monoisotopic (exact) mass is 311 g/mol. The highest BCUT2D eigenvalue weighted by Crippen LogP contribution is 2.14. The summed E-state index contributed by atoms with van der Waals surface area (Å²) in [5, 5.41) is 0. The smallest absolute Gasteiger partial charge is 0.254 e. The van der Waals surface area contributed by atoms with Gasteiger partial charge in [-0.2, -0.15) is 0 Å². The molecule has 3 rings (SSSR count). The van der Waals surface area contributed by atoms with Gasteiger partial charge in [-0.1, -0.05) is 30.3 Å². The summed E-state index contributed by atoms with van der Waals surface area (Å²) >= 11 is 0. The van der Waals surface area contributed by atoms with Crippen molar-refractivity contribution >= 4 is 5.91 Å². The van der Waals surface area contributed by atoms with Crippen LogP contribution in [0.1, 0.15) is 15.9 Å². The van der Waals surface area contributed by atoms with E-state index < -0.39 is 0 Å². The van der Waals surface area contributed by atoms with Crippen LogP contribution in [0.2, 0.25) is 0 Å². The van der Waals surface area contributed by atoms with Crippen molar-refractivity contribution in [1.82, 2.24) is 14.8 Å². The first kappa shape index (κ1) is 15.5. The van der Waals surface area contributed by atoms with Gasteiger partial charge in [0, 0.05) is 44.0 Å². The van der Waals surface area contributed by atoms with Gasteiger partial charge >= 0.3 is 0 Å². The van der Waals surface area contributed by atoms with E-state index in [0.717, 1.165) is 31.7 Å². The Bertz CT molecular complexity index is 652. The molecule has 0 saturated carbocycles. The van der Waals surface area contributed by atoms with Gasteiger partial charge in [0.15, 0.2) is 0 Å². The van der Waals surface area contributed by atoms with E-state index in [2.05, 4.69) is 16.9 Å². The lowest BCUT2D eigenvalue weighted by Crippen LogP contribution is -2.47. The Morgan fingerprint density at radius 1 is 1.13 bits per heavy atom. The number of carbonyl (C=O) groups is 1. The quantitative estimate of drug-likeness (QED) is 0.867. The van der Waals surface area contributed by atoms with Crippen molar-refractivity contribution in [3.8, 4) is 5.88 Å². The van der Waals surface area contributed by atoms with Crippen LogP contribution in [0.5, 0.6) is 5.88 Å². The molecule has 0 atom stereocenters. The van der Waals surface area contributed by atoms with Crippen LogP contribution in [-0.4, -0.2) is 53.9 Å². The molecule has 23 heavy (non-hydrogen) atoms. The molecule has 1 aromatic heterocycles. The molecule has 0 N–H and O–H groups in total. The lowest BCUT2D eigenvalue weighted by atomic mass is 10.2. The van der Waals surface area contributed by atoms with Crippen LogP contribution in [0.15, 0.2) is 48.7 Å². The Morgan fingerprint density at radius 3 is 2.61 bits per heavy atom. The van der Waals surface area contributed by atoms with E-state index in [-0.39, 0.29) is 5.91 Å². The molecule has 5 nitrogen and oxygen atoms in total. The molecule has 0 aliphatic carbocycles. The van der Waals surface area contributed by atoms with Crippen molar-refractivity contribution in [3.05, 3.63) is 59.8 Å². The van der Waals surface area contributed by atoms with Gasteiger partial charge in [0.1, 0.15) is 6.61 Å². The van der Waals surface area contributed by atoms with Crippen molar-refractivity contribution in [1.29, 1.82) is 0 Å². The lowest BCUT2D eigenvalue weighted by molar-refractivity contribution is 0.0663. The Labute approximate surface area is 136 Å². The molecule has 120 valence electrons. The fourth-order valence-corrected chi connectivity index (χ4v) is 2.55. The largest absolute Gasteiger partial charge is 0.473 e. The molecule has 1 amide bonds. The molecule has 0 unspecified atom stereocenters. The topological polar surface area (TPSA) is 45.7 Å². The van der Waals surface area contributed by atoms with Crippen molar-refractivity contribution in [2.45, 2.75) is 6.61 Å². The maximum Gasteiger partial charge on any atom is 0.254 e. The molecule has 0 radical (unpaired) electrons. The number of likely N-dealkylation sites (N-methyl/N-ethyl adjacent to an activating group) is 1. The second kappa shape index (κ2) is 7.24. The highest BCUT2D eigenvalue weighted by atomic mass is 16.5. The highest BCUT2D eigenvalue weighted by molar-refractivity contribution is 5.94. The number of pyridine rings is 1. The van der Waals surface area contributed by atoms with Gasteiger partial charge in [-0.25, -0.2) is 4.98 Å². The predicted molar refractivity (Wildman–Crippen MR) is 88.4 cm³/mol. The third kappa shape index (κ3) is 4.07. The van der Waals surface area contributed by atoms with Crippen LogP contribution in [0.3, 0.4) is 0 Å². The number of hydrogen-bond acceptors (Lipinski definition) is 4. The fourth-order valence-electron chi connectivity index (χ4n) is 2.55. The number of rotatable bonds is 4. The average molecular weight is 311 g/mol. The number of amides is 1. The maximum absolute atomic E-state index is 12.6. The first-order chi connectivity index (χ1) is 11.2. The highest BCUT2D eigenvalue weighted by Gasteiger charge is 2.20. The van der Waals surface area contributed by atoms with Crippen molar-refractivity contribution in [2.24, 2.45) is 0 Å². The van der Waals surface area contributed by atoms with E-state index in [9.17, 15) is 4.79 Å². The van der Waals surface area contributed by atoms with E-state index in [0.29, 0.717) is 18.1 Å². The van der Waals surface area contributed by atoms with Crippen LogP contribution in [0, 0.1) is 0 Å². The van der Waals surface area contributed by atoms with Gasteiger partial charge in [-0.15, -0.1) is 0 Å². The van der Waals surface area contributed by atoms with E-state index in [1.54, 1.807) is 18.3 Å². The maximum atomic E-state index is 12.6. The molecule has 1 saturated heterocycles. The average Bonchev–Trinajstić information content (AvgIpc) is 2.61. The van der Waals surface area contributed by atoms with Crippen LogP contribution in [0.25, 0.3) is 0 Å². The van der Waals surface area contributed by atoms with Crippen molar-refractivity contribution < 1.29 is 9.53 Å². The molecule has 2 heterocycles. The van der Waals surface area contributed by atoms with Crippen LogP contribution >= 0.6 is 0 Å². The SMILES string of the molecule is CN1CCN(C(=O)c2ccnc(OCc3ccccc3)c2)CC1. The van der Waals surface area contributed by atoms with Crippen molar-refractivity contribution in [3.63, 3.8) is 0 Å². The van der Waals surface area contributed by atoms with Crippen LogP contribution in [-0.2, 0) is 6.61 Å². The van der Waals surface area contributed by atoms with Crippen LogP contribution < -0.4 is 4.74 Å². The normalized spacial score (nSPS) is 15.4. The van der Waals surface area contributed by atoms with Gasteiger partial charge in [0.05, 0.1) is 0 Å². The summed E-state index contributed by atoms with van der Waals surface area (Å²) in [6.07, 6.45) is 1.63. The first-order valence-corrected chi connectivity index (χ1v) is 7.83. The minimum absolute atomic E-state index is 0.0464. The molecule has 0 spiro atoms. The molecular formula is C18H21N3O2. The number of benzene rings is 1. The molecule has 2 aromatic rings. The Kier molecular flexibility index (Phi) is 4.88. The zero-order chi connectivity index (χ0) is 16.1. The summed E-state index contributed by atoms with van der Waals surface area (Å²) in [5.74, 6) is 0.527. The Hall–Kier alpha value is -2.40. The third-order valence-electron chi connectivity index (χ3n) is 4.00. The molecule has 1 fully saturated rings. The number of aromatic nitrogens is 1. The number of piperazine rings is 1. The molecular weight excluding hydrogens is 290 g/mol. The number of hydrogen-bond donors (Lipinski definition) is 0. The third-order valence-corrected chi connectivity index (χ3v) is 4.00. The summed E-state index contributed by atoms with van der Waals surface area (Å²) in [4.78, 5) is 20.9. The number of carbonyl (C=O) groups excluding carboxylic acids is 1. The van der Waals surface area contributed by atoms with Gasteiger partial charge in [0.2, 0.25) is 5.88 Å². The van der Waals surface area contributed by atoms with Gasteiger partial charge in [0.25, 0.3) is 5.91 Å². The summed E-state index contributed by atoms with van der Waals surface area (Å²) in [5.41, 5.74) is 1.71. The second-order valence-electron chi connectivity index (χ2n) is 5.75. The summed E-state index contributed by atoms with van der Waals surface area (Å²) in [6.45, 7) is 3.79. The van der Waals surface area contributed by atoms with E-state index >= 15 is 0 Å². The molecule has 1 aliphatic rings. The van der Waals surface area contributed by atoms with E-state index in [1.807, 2.05) is 35.2 Å². The zero-order valence-corrected chi connectivity index (χ0v) is 13.3. The standard InChI is InChI=1S/C18H21N3O2/c1-20-9-11-21(12-10-20)18(22)16-7-8-19-17(13-16)23-14-15-5-3-2-4-6-15/h2-8,13H,9-12,14H2,1H3. The van der Waals surface area contributed by atoms with E-state index in [4.69, 9.17) is 4.74 Å². The molecule has 1 aliphatic heterocycles. The van der Waals surface area contributed by atoms with Crippen molar-refractivity contribution in [2.75, 3.05) is 33.2 Å². The Morgan fingerprint density at radius 2 is 1.87 bits per heavy atom. The number of nitrogens with zero attached hydrogens (tertiary/aromatic N) is 3. The number of ether oxygens (including phenoxy) is 1. The minimum atomic E-state index is 0.0464. The minimum Gasteiger partial charge on any atom is -0.473 e. The predicted octanol–water partition coefficient (Wildman–Crippen LogP) is 2.05. The first-order valence-electron chi connectivity index (χ1n) is 7.83. The van der Waals surface area contributed by atoms with E-state index in [1.165, 1.54) is 0 Å².